The van der Waals surface area contributed by atoms with E-state index in [0.29, 0.717) is 22.7 Å². The summed E-state index contributed by atoms with van der Waals surface area (Å²) in [6, 6.07) is 15.8. The molecule has 11 heteroatoms. The Kier molecular flexibility index (Phi) is 6.77. The number of ether oxygens (including phenoxy) is 1. The lowest BCUT2D eigenvalue weighted by Gasteiger charge is -2.11. The Labute approximate surface area is 210 Å². The van der Waals surface area contributed by atoms with Crippen LogP contribution in [-0.4, -0.2) is 48.2 Å². The number of rotatable bonds is 9. The van der Waals surface area contributed by atoms with Gasteiger partial charge in [0.05, 0.1) is 12.4 Å². The summed E-state index contributed by atoms with van der Waals surface area (Å²) in [6.07, 6.45) is 2.71. The van der Waals surface area contributed by atoms with Gasteiger partial charge in [-0.25, -0.2) is 0 Å². The Bertz CT molecular complexity index is 1460. The highest BCUT2D eigenvalue weighted by molar-refractivity contribution is 7.99. The first-order chi connectivity index (χ1) is 17.2. The second-order valence-corrected chi connectivity index (χ2v) is 9.51. The largest absolute Gasteiger partial charge is 0.494 e. The van der Waals surface area contributed by atoms with Crippen molar-refractivity contribution in [1.29, 1.82) is 0 Å². The van der Waals surface area contributed by atoms with Crippen molar-refractivity contribution in [3.63, 3.8) is 0 Å². The number of fused-ring (bicyclic) bond motifs is 1. The van der Waals surface area contributed by atoms with Crippen molar-refractivity contribution in [1.82, 2.24) is 29.9 Å². The van der Waals surface area contributed by atoms with Gasteiger partial charge in [-0.1, -0.05) is 48.2 Å². The van der Waals surface area contributed by atoms with Crippen molar-refractivity contribution in [2.24, 2.45) is 0 Å². The van der Waals surface area contributed by atoms with Crippen LogP contribution in [0.15, 0.2) is 59.9 Å². The van der Waals surface area contributed by atoms with Gasteiger partial charge in [0.1, 0.15) is 10.8 Å². The van der Waals surface area contributed by atoms with E-state index in [2.05, 4.69) is 30.7 Å². The van der Waals surface area contributed by atoms with Crippen LogP contribution in [-0.2, 0) is 11.2 Å². The average Bonchev–Trinajstić information content (AvgIpc) is 3.61. The number of thioether (sulfide) groups is 1. The van der Waals surface area contributed by atoms with E-state index in [1.807, 2.05) is 73.1 Å². The lowest BCUT2D eigenvalue weighted by Crippen LogP contribution is -2.14. The first-order valence-electron chi connectivity index (χ1n) is 11.2. The molecule has 0 radical (unpaired) electrons. The predicted octanol–water partition coefficient (Wildman–Crippen LogP) is 4.96. The number of anilines is 1. The highest BCUT2D eigenvalue weighted by atomic mass is 32.2. The standard InChI is InChI=1S/C24H23N7O2S2/c1-3-21-27-29-23(35-21)26-20(32)14-34-24-30-28-22(18-13-25-19-8-6-5-7-17(18)19)31(24)15-9-11-16(12-10-15)33-4-2/h5-13,25H,3-4,14H2,1-2H3,(H,26,29,32). The molecule has 0 bridgehead atoms. The molecule has 9 nitrogen and oxygen atoms in total. The van der Waals surface area contributed by atoms with E-state index < -0.39 is 0 Å². The third-order valence-electron chi connectivity index (χ3n) is 5.22. The summed E-state index contributed by atoms with van der Waals surface area (Å²) < 4.78 is 7.56. The van der Waals surface area contributed by atoms with E-state index >= 15 is 0 Å². The molecular formula is C24H23N7O2S2. The van der Waals surface area contributed by atoms with Crippen LogP contribution in [0.4, 0.5) is 5.13 Å². The van der Waals surface area contributed by atoms with Crippen LogP contribution in [0.25, 0.3) is 28.0 Å². The highest BCUT2D eigenvalue weighted by Crippen LogP contribution is 2.33. The normalized spacial score (nSPS) is 11.1. The fourth-order valence-electron chi connectivity index (χ4n) is 3.62. The smallest absolute Gasteiger partial charge is 0.236 e. The number of hydrogen-bond donors (Lipinski definition) is 2. The van der Waals surface area contributed by atoms with E-state index in [0.717, 1.165) is 39.3 Å². The minimum absolute atomic E-state index is 0.157. The molecule has 0 aliphatic carbocycles. The van der Waals surface area contributed by atoms with Gasteiger partial charge in [0.15, 0.2) is 11.0 Å². The van der Waals surface area contributed by atoms with Gasteiger partial charge in [-0.3, -0.25) is 14.7 Å². The van der Waals surface area contributed by atoms with Gasteiger partial charge in [0, 0.05) is 28.4 Å². The molecule has 2 aromatic carbocycles. The number of nitrogens with zero attached hydrogens (tertiary/aromatic N) is 5. The molecule has 2 N–H and O–H groups in total. The van der Waals surface area contributed by atoms with Crippen molar-refractivity contribution >= 4 is 45.0 Å². The maximum Gasteiger partial charge on any atom is 0.236 e. The van der Waals surface area contributed by atoms with Crippen LogP contribution in [0.3, 0.4) is 0 Å². The SMILES string of the molecule is CCOc1ccc(-n2c(SCC(=O)Nc3nnc(CC)s3)nnc2-c2c[nH]c3ccccc23)cc1. The number of nitrogens with one attached hydrogen (secondary N) is 2. The minimum atomic E-state index is -0.177. The molecule has 0 spiro atoms. The summed E-state index contributed by atoms with van der Waals surface area (Å²) in [4.78, 5) is 15.9. The highest BCUT2D eigenvalue weighted by Gasteiger charge is 2.20. The zero-order valence-corrected chi connectivity index (χ0v) is 20.8. The van der Waals surface area contributed by atoms with Crippen molar-refractivity contribution in [2.45, 2.75) is 25.4 Å². The van der Waals surface area contributed by atoms with Crippen LogP contribution in [0, 0.1) is 0 Å². The molecule has 5 rings (SSSR count). The average molecular weight is 506 g/mol. The number of aryl methyl sites for hydroxylation is 1. The second kappa shape index (κ2) is 10.3. The Balaban J connectivity index is 1.45. The van der Waals surface area contributed by atoms with Crippen molar-refractivity contribution < 1.29 is 9.53 Å². The number of H-pyrrole nitrogens is 1. The fraction of sp³-hybridized carbons (Fsp3) is 0.208. The first-order valence-corrected chi connectivity index (χ1v) is 13.0. The zero-order chi connectivity index (χ0) is 24.2. The molecule has 178 valence electrons. The number of carbonyl (C=O) groups excluding carboxylic acids is 1. The number of carbonyl (C=O) groups is 1. The molecule has 0 aliphatic heterocycles. The molecule has 1 amide bonds. The van der Waals surface area contributed by atoms with Gasteiger partial charge in [-0.15, -0.1) is 20.4 Å². The molecule has 0 atom stereocenters. The van der Waals surface area contributed by atoms with Crippen LogP contribution in [0.5, 0.6) is 5.75 Å². The van der Waals surface area contributed by atoms with E-state index in [-0.39, 0.29) is 11.7 Å². The van der Waals surface area contributed by atoms with Gasteiger partial charge in [-0.2, -0.15) is 0 Å². The first kappa shape index (κ1) is 23.1. The van der Waals surface area contributed by atoms with E-state index in [1.165, 1.54) is 23.1 Å². The van der Waals surface area contributed by atoms with Crippen molar-refractivity contribution in [2.75, 3.05) is 17.7 Å². The quantitative estimate of drug-likeness (QED) is 0.272. The maximum atomic E-state index is 12.6. The van der Waals surface area contributed by atoms with Crippen LogP contribution in [0.1, 0.15) is 18.9 Å². The van der Waals surface area contributed by atoms with Crippen molar-refractivity contribution in [3.8, 4) is 22.8 Å². The fourth-order valence-corrected chi connectivity index (χ4v) is 5.07. The van der Waals surface area contributed by atoms with Crippen LogP contribution < -0.4 is 10.1 Å². The number of para-hydroxylation sites is 1. The third kappa shape index (κ3) is 4.91. The summed E-state index contributed by atoms with van der Waals surface area (Å²) in [5.74, 6) is 1.45. The Morgan fingerprint density at radius 2 is 1.91 bits per heavy atom. The van der Waals surface area contributed by atoms with Gasteiger partial charge < -0.3 is 9.72 Å². The molecule has 0 aliphatic rings. The molecule has 3 aromatic heterocycles. The Morgan fingerprint density at radius 1 is 1.09 bits per heavy atom. The minimum Gasteiger partial charge on any atom is -0.494 e. The summed E-state index contributed by atoms with van der Waals surface area (Å²) in [6.45, 7) is 4.55. The number of aromatic nitrogens is 6. The topological polar surface area (TPSA) is 111 Å². The molecule has 3 heterocycles. The van der Waals surface area contributed by atoms with E-state index in [1.54, 1.807) is 0 Å². The summed E-state index contributed by atoms with van der Waals surface area (Å²) in [5.41, 5.74) is 2.82. The molecule has 35 heavy (non-hydrogen) atoms. The van der Waals surface area contributed by atoms with Gasteiger partial charge in [0.2, 0.25) is 11.0 Å². The predicted molar refractivity (Wildman–Crippen MR) is 138 cm³/mol. The molecule has 0 fully saturated rings. The maximum absolute atomic E-state index is 12.6. The third-order valence-corrected chi connectivity index (χ3v) is 7.13. The summed E-state index contributed by atoms with van der Waals surface area (Å²) >= 11 is 2.69. The van der Waals surface area contributed by atoms with Crippen LogP contribution >= 0.6 is 23.1 Å². The van der Waals surface area contributed by atoms with Gasteiger partial charge in [-0.05, 0) is 43.7 Å². The summed E-state index contributed by atoms with van der Waals surface area (Å²) in [5, 5.41) is 22.9. The lowest BCUT2D eigenvalue weighted by molar-refractivity contribution is -0.113. The Hall–Kier alpha value is -3.70. The number of aromatic amines is 1. The second-order valence-electron chi connectivity index (χ2n) is 7.51. The zero-order valence-electron chi connectivity index (χ0n) is 19.2. The number of benzene rings is 2. The van der Waals surface area contributed by atoms with Gasteiger partial charge >= 0.3 is 0 Å². The van der Waals surface area contributed by atoms with Crippen LogP contribution in [0.2, 0.25) is 0 Å². The lowest BCUT2D eigenvalue weighted by atomic mass is 10.1. The molecule has 0 saturated heterocycles. The molecule has 5 aromatic rings. The Morgan fingerprint density at radius 3 is 2.69 bits per heavy atom. The monoisotopic (exact) mass is 505 g/mol. The number of amides is 1. The molecule has 0 unspecified atom stereocenters. The molecular weight excluding hydrogens is 482 g/mol. The number of hydrogen-bond acceptors (Lipinski definition) is 8. The van der Waals surface area contributed by atoms with Crippen molar-refractivity contribution in [3.05, 3.63) is 59.7 Å². The van der Waals surface area contributed by atoms with E-state index in [9.17, 15) is 4.79 Å². The van der Waals surface area contributed by atoms with Gasteiger partial charge in [0.25, 0.3) is 0 Å². The van der Waals surface area contributed by atoms with E-state index in [4.69, 9.17) is 4.74 Å². The summed E-state index contributed by atoms with van der Waals surface area (Å²) in [7, 11) is 0. The molecule has 0 saturated carbocycles.